The molecule has 0 amide bonds. The summed E-state index contributed by atoms with van der Waals surface area (Å²) in [6.45, 7) is 20.8. The van der Waals surface area contributed by atoms with Crippen molar-refractivity contribution < 1.29 is 15.0 Å². The normalized spacial score (nSPS) is 11.4. The maximum absolute atomic E-state index is 11.9. The highest BCUT2D eigenvalue weighted by Crippen LogP contribution is 2.25. The third-order valence-corrected chi connectivity index (χ3v) is 12.0. The molecule has 0 saturated carbocycles. The Labute approximate surface area is 380 Å². The number of aliphatic hydroxyl groups excluding tert-OH is 1. The van der Waals surface area contributed by atoms with Crippen LogP contribution in [-0.4, -0.2) is 54.9 Å². The Bertz CT molecular complexity index is 1090. The van der Waals surface area contributed by atoms with Crippen LogP contribution in [0.3, 0.4) is 0 Å². The van der Waals surface area contributed by atoms with E-state index in [9.17, 15) is 9.59 Å². The van der Waals surface area contributed by atoms with Crippen LogP contribution in [0.1, 0.15) is 259 Å². The van der Waals surface area contributed by atoms with Crippen LogP contribution in [0.2, 0.25) is 0 Å². The fraction of sp³-hybridized carbons (Fsp3) is 0.870. The van der Waals surface area contributed by atoms with Gasteiger partial charge in [0.2, 0.25) is 10.9 Å². The SMILES string of the molecule is C#CC.CC.CCCCCCCCC(CC)CCCCCCCN(CCCCCCC(CCCCCC)CCCCCCCC)CCCNc1c(C)c(=O)c1=O.CO.O=CO. The zero-order valence-electron chi connectivity index (χ0n) is 42.3. The van der Waals surface area contributed by atoms with Crippen molar-refractivity contribution in [2.24, 2.45) is 11.8 Å². The van der Waals surface area contributed by atoms with Gasteiger partial charge in [-0.1, -0.05) is 228 Å². The minimum absolute atomic E-state index is 0.250. The summed E-state index contributed by atoms with van der Waals surface area (Å²) in [6, 6.07) is 0. The molecule has 0 aliphatic carbocycles. The molecular weight excluding hydrogens is 757 g/mol. The van der Waals surface area contributed by atoms with E-state index in [2.05, 4.69) is 50.3 Å². The maximum atomic E-state index is 11.9. The molecule has 2 unspecified atom stereocenters. The first-order chi connectivity index (χ1) is 29.8. The molecule has 1 aromatic rings. The number of rotatable bonds is 40. The lowest BCUT2D eigenvalue weighted by molar-refractivity contribution is -0.122. The lowest BCUT2D eigenvalue weighted by Gasteiger charge is -2.23. The monoisotopic (exact) mass is 863 g/mol. The van der Waals surface area contributed by atoms with Crippen molar-refractivity contribution in [1.29, 1.82) is 0 Å². The van der Waals surface area contributed by atoms with Crippen LogP contribution >= 0.6 is 0 Å². The van der Waals surface area contributed by atoms with Gasteiger partial charge in [0.25, 0.3) is 6.47 Å². The second-order valence-electron chi connectivity index (χ2n) is 17.0. The highest BCUT2D eigenvalue weighted by atomic mass is 16.3. The summed E-state index contributed by atoms with van der Waals surface area (Å²) in [5.74, 6) is 4.16. The van der Waals surface area contributed by atoms with Gasteiger partial charge in [0.05, 0.1) is 5.69 Å². The lowest BCUT2D eigenvalue weighted by atomic mass is 9.89. The Hall–Kier alpha value is -2.17. The molecule has 7 heteroatoms. The lowest BCUT2D eigenvalue weighted by Crippen LogP contribution is -2.37. The van der Waals surface area contributed by atoms with E-state index >= 15 is 0 Å². The second-order valence-corrected chi connectivity index (χ2v) is 17.0. The number of carboxylic acid groups (broad SMARTS) is 1. The Kier molecular flexibility index (Phi) is 59.9. The van der Waals surface area contributed by atoms with Gasteiger partial charge >= 0.3 is 0 Å². The largest absolute Gasteiger partial charge is 0.483 e. The van der Waals surface area contributed by atoms with Crippen LogP contribution in [0, 0.1) is 31.1 Å². The number of nitrogens with one attached hydrogen (secondary N) is 1. The average Bonchev–Trinajstić information content (AvgIpc) is 3.28. The highest BCUT2D eigenvalue weighted by molar-refractivity contribution is 5.55. The Morgan fingerprint density at radius 3 is 1.20 bits per heavy atom. The summed E-state index contributed by atoms with van der Waals surface area (Å²) in [4.78, 5) is 34.5. The minimum Gasteiger partial charge on any atom is -0.483 e. The molecule has 61 heavy (non-hydrogen) atoms. The van der Waals surface area contributed by atoms with E-state index in [1.165, 1.54) is 212 Å². The van der Waals surface area contributed by atoms with Gasteiger partial charge in [-0.05, 0) is 64.6 Å². The fourth-order valence-electron chi connectivity index (χ4n) is 8.26. The van der Waals surface area contributed by atoms with E-state index in [1.54, 1.807) is 13.8 Å². The molecule has 0 aliphatic heterocycles. The first-order valence-electron chi connectivity index (χ1n) is 26.0. The predicted molar refractivity (Wildman–Crippen MR) is 271 cm³/mol. The zero-order valence-corrected chi connectivity index (χ0v) is 42.3. The third-order valence-electron chi connectivity index (χ3n) is 12.0. The van der Waals surface area contributed by atoms with Crippen LogP contribution in [-0.2, 0) is 4.79 Å². The summed E-state index contributed by atoms with van der Waals surface area (Å²) in [5, 5.41) is 17.1. The van der Waals surface area contributed by atoms with Crippen LogP contribution < -0.4 is 16.2 Å². The molecule has 2 atom stereocenters. The van der Waals surface area contributed by atoms with Gasteiger partial charge < -0.3 is 20.4 Å². The number of anilines is 1. The van der Waals surface area contributed by atoms with Crippen LogP contribution in [0.4, 0.5) is 5.69 Å². The van der Waals surface area contributed by atoms with E-state index in [-0.39, 0.29) is 17.3 Å². The Balaban J connectivity index is -0.00000148. The molecule has 0 bridgehead atoms. The summed E-state index contributed by atoms with van der Waals surface area (Å²) >= 11 is 0. The number of carbonyl (C=O) groups is 1. The molecule has 0 fully saturated rings. The van der Waals surface area contributed by atoms with Gasteiger partial charge in [-0.15, -0.1) is 12.3 Å². The maximum Gasteiger partial charge on any atom is 0.290 e. The van der Waals surface area contributed by atoms with Gasteiger partial charge in [-0.2, -0.15) is 0 Å². The summed E-state index contributed by atoms with van der Waals surface area (Å²) in [7, 11) is 1.00. The van der Waals surface area contributed by atoms with Crippen molar-refractivity contribution in [3.8, 4) is 12.3 Å². The number of unbranched alkanes of at least 4 members (excludes halogenated alkanes) is 20. The standard InChI is InChI=1S/C47H90N2O2.C3H4.C2H6.CH2O2.CH4O/c1-6-10-13-16-19-26-33-43(9-4)34-27-21-18-23-30-39-49(41-32-38-48-45-42(5)46(50)47(45)51)40-31-24-22-29-37-44(35-25-15-12-8-3)36-28-20-17-14-11-7-2;1-3-2;1-2;2-1-3;1-2/h43-44,48H,6-41H2,1-5H3;1H,2H3;1-2H3;1H,(H,2,3);2H,1H3. The summed E-state index contributed by atoms with van der Waals surface area (Å²) < 4.78 is 0. The third kappa shape index (κ3) is 44.2. The molecule has 3 N–H and O–H groups in total. The number of nitrogens with zero attached hydrogens (tertiary/aromatic N) is 1. The second kappa shape index (κ2) is 55.8. The van der Waals surface area contributed by atoms with Crippen molar-refractivity contribution in [3.63, 3.8) is 0 Å². The molecule has 0 saturated heterocycles. The highest BCUT2D eigenvalue weighted by Gasteiger charge is 2.16. The van der Waals surface area contributed by atoms with Crippen molar-refractivity contribution in [2.75, 3.05) is 38.6 Å². The van der Waals surface area contributed by atoms with Gasteiger partial charge in [-0.25, -0.2) is 0 Å². The molecule has 1 aromatic carbocycles. The Morgan fingerprint density at radius 1 is 0.557 bits per heavy atom. The molecule has 1 rings (SSSR count). The summed E-state index contributed by atoms with van der Waals surface area (Å²) in [6.07, 6.45) is 49.2. The van der Waals surface area contributed by atoms with Crippen molar-refractivity contribution in [3.05, 3.63) is 26.0 Å². The van der Waals surface area contributed by atoms with Gasteiger partial charge in [0.15, 0.2) is 0 Å². The number of hydrogen-bond donors (Lipinski definition) is 3. The number of hydrogen-bond acceptors (Lipinski definition) is 6. The molecule has 0 aliphatic rings. The van der Waals surface area contributed by atoms with Gasteiger partial charge in [0.1, 0.15) is 0 Å². The van der Waals surface area contributed by atoms with Gasteiger partial charge in [0, 0.05) is 19.2 Å². The fourth-order valence-corrected chi connectivity index (χ4v) is 8.26. The van der Waals surface area contributed by atoms with Crippen molar-refractivity contribution >= 4 is 12.2 Å². The molecular formula is C54H106N2O5. The molecule has 362 valence electrons. The van der Waals surface area contributed by atoms with Gasteiger partial charge in [-0.3, -0.25) is 14.4 Å². The molecule has 0 heterocycles. The number of terminal acetylenes is 1. The quantitative estimate of drug-likeness (QED) is 0.0261. The first kappa shape index (κ1) is 65.4. The zero-order chi connectivity index (χ0) is 46.6. The van der Waals surface area contributed by atoms with Crippen LogP contribution in [0.25, 0.3) is 0 Å². The Morgan fingerprint density at radius 2 is 0.852 bits per heavy atom. The molecule has 0 spiro atoms. The van der Waals surface area contributed by atoms with Crippen LogP contribution in [0.5, 0.6) is 0 Å². The van der Waals surface area contributed by atoms with E-state index in [0.717, 1.165) is 38.5 Å². The molecule has 0 radical (unpaired) electrons. The van der Waals surface area contributed by atoms with Crippen molar-refractivity contribution in [2.45, 2.75) is 261 Å². The summed E-state index contributed by atoms with van der Waals surface area (Å²) in [5.41, 5.74) is 0.531. The first-order valence-corrected chi connectivity index (χ1v) is 26.0. The topological polar surface area (TPSA) is 107 Å². The van der Waals surface area contributed by atoms with E-state index in [4.69, 9.17) is 15.0 Å². The smallest absolute Gasteiger partial charge is 0.290 e. The van der Waals surface area contributed by atoms with Crippen LogP contribution in [0.15, 0.2) is 9.59 Å². The molecule has 7 nitrogen and oxygen atoms in total. The average molecular weight is 863 g/mol. The number of aliphatic hydroxyl groups is 1. The molecule has 0 aromatic heterocycles. The minimum atomic E-state index is -0.327. The van der Waals surface area contributed by atoms with E-state index < -0.39 is 0 Å². The predicted octanol–water partition coefficient (Wildman–Crippen LogP) is 15.1. The van der Waals surface area contributed by atoms with E-state index in [0.29, 0.717) is 11.3 Å². The van der Waals surface area contributed by atoms with E-state index in [1.807, 2.05) is 13.8 Å². The van der Waals surface area contributed by atoms with Crippen molar-refractivity contribution in [1.82, 2.24) is 4.90 Å².